The molecule has 4 heteroatoms. The maximum absolute atomic E-state index is 12.2. The van der Waals surface area contributed by atoms with Gasteiger partial charge in [0.05, 0.1) is 0 Å². The molecule has 1 heterocycles. The minimum absolute atomic E-state index is 0.168. The van der Waals surface area contributed by atoms with E-state index in [0.29, 0.717) is 13.2 Å². The summed E-state index contributed by atoms with van der Waals surface area (Å²) < 4.78 is 5.86. The molecule has 0 radical (unpaired) electrons. The molecule has 1 aliphatic rings. The van der Waals surface area contributed by atoms with Crippen LogP contribution in [0.25, 0.3) is 0 Å². The van der Waals surface area contributed by atoms with Crippen molar-refractivity contribution in [2.24, 2.45) is 5.92 Å². The molecule has 1 fully saturated rings. The number of piperidine rings is 1. The first-order valence-corrected chi connectivity index (χ1v) is 9.05. The molecular formula is C21H26N2O2. The topological polar surface area (TPSA) is 50.4 Å². The average molecular weight is 338 g/mol. The Morgan fingerprint density at radius 2 is 1.80 bits per heavy atom. The second-order valence-electron chi connectivity index (χ2n) is 6.49. The monoisotopic (exact) mass is 338 g/mol. The third kappa shape index (κ3) is 5.61. The van der Waals surface area contributed by atoms with E-state index in [-0.39, 0.29) is 11.8 Å². The Balaban J connectivity index is 1.44. The van der Waals surface area contributed by atoms with Gasteiger partial charge in [-0.3, -0.25) is 4.79 Å². The lowest BCUT2D eigenvalue weighted by Gasteiger charge is -2.21. The van der Waals surface area contributed by atoms with Crippen LogP contribution in [0.5, 0.6) is 5.75 Å². The van der Waals surface area contributed by atoms with Gasteiger partial charge in [-0.05, 0) is 55.6 Å². The molecule has 0 aliphatic carbocycles. The first-order valence-electron chi connectivity index (χ1n) is 9.05. The lowest BCUT2D eigenvalue weighted by atomic mass is 9.97. The van der Waals surface area contributed by atoms with Crippen LogP contribution in [0.1, 0.15) is 24.0 Å². The van der Waals surface area contributed by atoms with Crippen molar-refractivity contribution in [3.63, 3.8) is 0 Å². The highest BCUT2D eigenvalue weighted by Gasteiger charge is 2.20. The van der Waals surface area contributed by atoms with E-state index in [0.717, 1.165) is 43.7 Å². The minimum Gasteiger partial charge on any atom is -0.489 e. The summed E-state index contributed by atoms with van der Waals surface area (Å²) in [6.45, 7) is 3.12. The van der Waals surface area contributed by atoms with Crippen LogP contribution in [-0.4, -0.2) is 25.5 Å². The number of amides is 1. The summed E-state index contributed by atoms with van der Waals surface area (Å²) in [5.74, 6) is 1.23. The molecule has 0 unspecified atom stereocenters. The van der Waals surface area contributed by atoms with Crippen molar-refractivity contribution in [3.05, 3.63) is 65.7 Å². The predicted octanol–water partition coefficient (Wildman–Crippen LogP) is 2.92. The lowest BCUT2D eigenvalue weighted by Crippen LogP contribution is -2.38. The van der Waals surface area contributed by atoms with E-state index < -0.39 is 0 Å². The van der Waals surface area contributed by atoms with Gasteiger partial charge in [-0.25, -0.2) is 0 Å². The van der Waals surface area contributed by atoms with Gasteiger partial charge in [0.2, 0.25) is 5.91 Å². The van der Waals surface area contributed by atoms with E-state index in [1.54, 1.807) is 0 Å². The van der Waals surface area contributed by atoms with Crippen molar-refractivity contribution in [2.45, 2.75) is 25.9 Å². The fourth-order valence-electron chi connectivity index (χ4n) is 3.09. The fraction of sp³-hybridized carbons (Fsp3) is 0.381. The van der Waals surface area contributed by atoms with Crippen LogP contribution in [0.3, 0.4) is 0 Å². The molecule has 0 bridgehead atoms. The molecule has 0 saturated carbocycles. The van der Waals surface area contributed by atoms with E-state index >= 15 is 0 Å². The number of ether oxygens (including phenoxy) is 1. The third-order valence-corrected chi connectivity index (χ3v) is 4.57. The van der Waals surface area contributed by atoms with Gasteiger partial charge in [0.15, 0.2) is 0 Å². The van der Waals surface area contributed by atoms with Gasteiger partial charge in [-0.15, -0.1) is 0 Å². The second kappa shape index (κ2) is 9.23. The van der Waals surface area contributed by atoms with E-state index in [9.17, 15) is 4.79 Å². The van der Waals surface area contributed by atoms with Crippen molar-refractivity contribution in [2.75, 3.05) is 19.6 Å². The molecule has 4 nitrogen and oxygen atoms in total. The van der Waals surface area contributed by atoms with Crippen LogP contribution < -0.4 is 15.4 Å². The Labute approximate surface area is 149 Å². The summed E-state index contributed by atoms with van der Waals surface area (Å²) >= 11 is 0. The summed E-state index contributed by atoms with van der Waals surface area (Å²) in [6, 6.07) is 18.2. The number of hydrogen-bond donors (Lipinski definition) is 2. The van der Waals surface area contributed by atoms with Crippen LogP contribution in [0.4, 0.5) is 0 Å². The number of hydrogen-bond acceptors (Lipinski definition) is 3. The smallest absolute Gasteiger partial charge is 0.223 e. The molecule has 1 saturated heterocycles. The first kappa shape index (κ1) is 17.5. The highest BCUT2D eigenvalue weighted by atomic mass is 16.5. The van der Waals surface area contributed by atoms with Gasteiger partial charge < -0.3 is 15.4 Å². The Hall–Kier alpha value is -2.33. The molecule has 0 spiro atoms. The van der Waals surface area contributed by atoms with Gasteiger partial charge in [0.1, 0.15) is 12.4 Å². The van der Waals surface area contributed by atoms with Crippen LogP contribution in [0, 0.1) is 5.92 Å². The van der Waals surface area contributed by atoms with E-state index in [1.165, 1.54) is 5.56 Å². The number of benzene rings is 2. The summed E-state index contributed by atoms with van der Waals surface area (Å²) in [7, 11) is 0. The van der Waals surface area contributed by atoms with Crippen LogP contribution in [0.2, 0.25) is 0 Å². The van der Waals surface area contributed by atoms with Crippen LogP contribution in [-0.2, 0) is 17.8 Å². The summed E-state index contributed by atoms with van der Waals surface area (Å²) in [5.41, 5.74) is 2.33. The zero-order chi connectivity index (χ0) is 17.3. The number of nitrogens with one attached hydrogen (secondary N) is 2. The molecule has 1 amide bonds. The summed E-state index contributed by atoms with van der Waals surface area (Å²) in [4.78, 5) is 12.2. The molecule has 25 heavy (non-hydrogen) atoms. The molecular weight excluding hydrogens is 312 g/mol. The van der Waals surface area contributed by atoms with Crippen molar-refractivity contribution >= 4 is 5.91 Å². The zero-order valence-corrected chi connectivity index (χ0v) is 14.5. The van der Waals surface area contributed by atoms with E-state index in [1.807, 2.05) is 30.3 Å². The maximum Gasteiger partial charge on any atom is 0.223 e. The van der Waals surface area contributed by atoms with Crippen molar-refractivity contribution in [1.29, 1.82) is 0 Å². The Morgan fingerprint density at radius 1 is 1.04 bits per heavy atom. The van der Waals surface area contributed by atoms with Gasteiger partial charge in [-0.1, -0.05) is 42.5 Å². The standard InChI is InChI=1S/C21H26N2O2/c24-21(19-10-12-22-13-11-19)23-14-9-17-7-4-8-20(15-17)25-16-18-5-2-1-3-6-18/h1-8,15,19,22H,9-14,16H2,(H,23,24). The molecule has 132 valence electrons. The molecule has 2 aromatic rings. The number of carbonyl (C=O) groups excluding carboxylic acids is 1. The molecule has 3 rings (SSSR count). The van der Waals surface area contributed by atoms with Gasteiger partial charge in [0, 0.05) is 12.5 Å². The number of rotatable bonds is 7. The molecule has 2 N–H and O–H groups in total. The Bertz CT molecular complexity index is 667. The normalized spacial score (nSPS) is 14.9. The lowest BCUT2D eigenvalue weighted by molar-refractivity contribution is -0.125. The largest absolute Gasteiger partial charge is 0.489 e. The molecule has 1 aliphatic heterocycles. The average Bonchev–Trinajstić information content (AvgIpc) is 2.68. The molecule has 2 aromatic carbocycles. The first-order chi connectivity index (χ1) is 12.3. The van der Waals surface area contributed by atoms with Gasteiger partial charge in [-0.2, -0.15) is 0 Å². The predicted molar refractivity (Wildman–Crippen MR) is 99.5 cm³/mol. The van der Waals surface area contributed by atoms with Crippen molar-refractivity contribution in [1.82, 2.24) is 10.6 Å². The minimum atomic E-state index is 0.168. The molecule has 0 atom stereocenters. The van der Waals surface area contributed by atoms with Gasteiger partial charge >= 0.3 is 0 Å². The fourth-order valence-corrected chi connectivity index (χ4v) is 3.09. The highest BCUT2D eigenvalue weighted by molar-refractivity contribution is 5.78. The highest BCUT2D eigenvalue weighted by Crippen LogP contribution is 2.16. The summed E-state index contributed by atoms with van der Waals surface area (Å²) in [5, 5.41) is 6.36. The van der Waals surface area contributed by atoms with Crippen LogP contribution in [0.15, 0.2) is 54.6 Å². The Morgan fingerprint density at radius 3 is 2.60 bits per heavy atom. The van der Waals surface area contributed by atoms with E-state index in [4.69, 9.17) is 4.74 Å². The SMILES string of the molecule is O=C(NCCc1cccc(OCc2ccccc2)c1)C1CCNCC1. The quantitative estimate of drug-likeness (QED) is 0.816. The van der Waals surface area contributed by atoms with E-state index in [2.05, 4.69) is 34.9 Å². The number of carbonyl (C=O) groups is 1. The zero-order valence-electron chi connectivity index (χ0n) is 14.5. The Kier molecular flexibility index (Phi) is 6.46. The van der Waals surface area contributed by atoms with Crippen molar-refractivity contribution in [3.8, 4) is 5.75 Å². The third-order valence-electron chi connectivity index (χ3n) is 4.57. The summed E-state index contributed by atoms with van der Waals surface area (Å²) in [6.07, 6.45) is 2.70. The maximum atomic E-state index is 12.2. The molecule has 0 aromatic heterocycles. The van der Waals surface area contributed by atoms with Crippen molar-refractivity contribution < 1.29 is 9.53 Å². The second-order valence-corrected chi connectivity index (χ2v) is 6.49. The van der Waals surface area contributed by atoms with Crippen LogP contribution >= 0.6 is 0 Å². The van der Waals surface area contributed by atoms with Gasteiger partial charge in [0.25, 0.3) is 0 Å².